The molecule has 8 heteroatoms. The number of hydrogen-bond acceptors (Lipinski definition) is 6. The fraction of sp³-hybridized carbons (Fsp3) is 0.667. The van der Waals surface area contributed by atoms with Gasteiger partial charge in [-0.3, -0.25) is 9.59 Å². The molecule has 1 spiro atoms. The van der Waals surface area contributed by atoms with Gasteiger partial charge in [0, 0.05) is 0 Å². The summed E-state index contributed by atoms with van der Waals surface area (Å²) in [4.78, 5) is 21.9. The maximum absolute atomic E-state index is 10.9. The topological polar surface area (TPSA) is 108 Å². The summed E-state index contributed by atoms with van der Waals surface area (Å²) in [6.07, 6.45) is -1.50. The Labute approximate surface area is 80.3 Å². The summed E-state index contributed by atoms with van der Waals surface area (Å²) in [7, 11) is 0. The lowest BCUT2D eigenvalue weighted by Crippen LogP contribution is -2.40. The monoisotopic (exact) mass is 205 g/mol. The molecule has 2 saturated heterocycles. The van der Waals surface area contributed by atoms with Gasteiger partial charge < -0.3 is 24.8 Å². The summed E-state index contributed by atoms with van der Waals surface area (Å²) < 4.78 is 19.4. The lowest BCUT2D eigenvalue weighted by atomic mass is 10.1. The zero-order valence-corrected chi connectivity index (χ0v) is 8.18. The van der Waals surface area contributed by atoms with Crippen LogP contribution in [0.3, 0.4) is 0 Å². The fourth-order valence-corrected chi connectivity index (χ4v) is 1.25. The largest absolute Gasteiger partial charge is 0.657 e. The summed E-state index contributed by atoms with van der Waals surface area (Å²) >= 11 is 0. The Morgan fingerprint density at radius 1 is 1.00 bits per heavy atom. The van der Waals surface area contributed by atoms with E-state index in [1.807, 2.05) is 0 Å². The number of rotatable bonds is 0. The molecule has 0 aromatic carbocycles. The summed E-state index contributed by atoms with van der Waals surface area (Å²) in [5, 5.41) is 0. The summed E-state index contributed by atoms with van der Waals surface area (Å²) in [6.45, 7) is 0.401. The Balaban J connectivity index is 0.000000980. The van der Waals surface area contributed by atoms with E-state index in [-0.39, 0.29) is 6.15 Å². The first-order valence-electron chi connectivity index (χ1n) is 3.96. The minimum atomic E-state index is -2.60. The molecule has 0 amide bonds. The van der Waals surface area contributed by atoms with Crippen LogP contribution < -0.4 is 6.15 Å². The van der Waals surface area contributed by atoms with E-state index in [4.69, 9.17) is 18.6 Å². The molecule has 0 saturated carbocycles. The Morgan fingerprint density at radius 3 is 1.57 bits per heavy atom. The molecule has 2 aliphatic heterocycles. The smallest absolute Gasteiger partial charge is 0.606 e. The van der Waals surface area contributed by atoms with E-state index in [2.05, 4.69) is 0 Å². The number of carbonyl (C=O) groups is 2. The van der Waals surface area contributed by atoms with Gasteiger partial charge in [-0.2, -0.15) is 0 Å². The molecule has 0 radical (unpaired) electrons. The van der Waals surface area contributed by atoms with Crippen molar-refractivity contribution in [1.82, 2.24) is 6.15 Å². The van der Waals surface area contributed by atoms with Crippen molar-refractivity contribution in [2.45, 2.75) is 26.1 Å². The molecule has 4 N–H and O–H groups in total. The standard InChI is InChI=1S/C6H8BO6.H3N/c1-3-5(8)12-7(10-3)11-4(2)6(9)13-7;/h3-4H,1-2H3;1H3/q-1;/p+1/t3-,4-,7?;/m0./s1. The highest BCUT2D eigenvalue weighted by molar-refractivity contribution is 6.61. The molecule has 0 aromatic rings. The molecule has 2 aliphatic rings. The van der Waals surface area contributed by atoms with Crippen LogP contribution in [0.2, 0.25) is 0 Å². The van der Waals surface area contributed by atoms with Gasteiger partial charge in [-0.05, 0) is 13.8 Å². The van der Waals surface area contributed by atoms with Gasteiger partial charge >= 0.3 is 6.96 Å². The van der Waals surface area contributed by atoms with E-state index in [0.29, 0.717) is 0 Å². The van der Waals surface area contributed by atoms with Crippen LogP contribution in [0.4, 0.5) is 0 Å². The maximum atomic E-state index is 10.9. The van der Waals surface area contributed by atoms with Crippen LogP contribution in [0.25, 0.3) is 0 Å². The molecule has 2 atom stereocenters. The van der Waals surface area contributed by atoms with Crippen molar-refractivity contribution in [2.24, 2.45) is 0 Å². The summed E-state index contributed by atoms with van der Waals surface area (Å²) in [5.74, 6) is -1.16. The van der Waals surface area contributed by atoms with Gasteiger partial charge in [0.05, 0.1) is 0 Å². The zero-order valence-electron chi connectivity index (χ0n) is 8.18. The minimum Gasteiger partial charge on any atom is -0.606 e. The van der Waals surface area contributed by atoms with Crippen molar-refractivity contribution in [2.75, 3.05) is 0 Å². The van der Waals surface area contributed by atoms with Crippen LogP contribution in [0.1, 0.15) is 13.8 Å². The Bertz CT molecular complexity index is 253. The highest BCUT2D eigenvalue weighted by atomic mass is 16.9. The second-order valence-corrected chi connectivity index (χ2v) is 3.01. The lowest BCUT2D eigenvalue weighted by Gasteiger charge is -2.25. The second-order valence-electron chi connectivity index (χ2n) is 3.01. The average Bonchev–Trinajstić information content (AvgIpc) is 2.39. The number of quaternary nitrogens is 1. The van der Waals surface area contributed by atoms with Crippen LogP contribution in [0.5, 0.6) is 0 Å². The minimum absolute atomic E-state index is 0. The molecule has 80 valence electrons. The number of hydrogen-bond donors (Lipinski definition) is 1. The predicted octanol–water partition coefficient (Wildman–Crippen LogP) is -0.278. The maximum Gasteiger partial charge on any atom is 0.657 e. The van der Waals surface area contributed by atoms with Gasteiger partial charge in [0.2, 0.25) is 0 Å². The predicted molar refractivity (Wildman–Crippen MR) is 45.0 cm³/mol. The van der Waals surface area contributed by atoms with Gasteiger partial charge in [0.15, 0.2) is 0 Å². The molecule has 0 aromatic heterocycles. The van der Waals surface area contributed by atoms with Gasteiger partial charge in [0.25, 0.3) is 11.9 Å². The quantitative estimate of drug-likeness (QED) is 0.545. The second kappa shape index (κ2) is 3.23. The first-order chi connectivity index (χ1) is 6.02. The van der Waals surface area contributed by atoms with Crippen molar-refractivity contribution in [1.29, 1.82) is 0 Å². The molecule has 2 heterocycles. The van der Waals surface area contributed by atoms with Gasteiger partial charge in [-0.25, -0.2) is 0 Å². The average molecular weight is 205 g/mol. The van der Waals surface area contributed by atoms with Crippen LogP contribution in [-0.4, -0.2) is 31.1 Å². The van der Waals surface area contributed by atoms with Crippen LogP contribution in [0, 0.1) is 0 Å². The Kier molecular flexibility index (Phi) is 2.53. The highest BCUT2D eigenvalue weighted by Crippen LogP contribution is 2.29. The van der Waals surface area contributed by atoms with Gasteiger partial charge in [0.1, 0.15) is 12.2 Å². The van der Waals surface area contributed by atoms with E-state index in [0.717, 1.165) is 0 Å². The SMILES string of the molecule is C[C@@H]1O[B-]2(OC1=O)OC(=O)[C@H](C)O2.[NH4+]. The molecule has 0 aliphatic carbocycles. The van der Waals surface area contributed by atoms with Crippen molar-refractivity contribution in [3.8, 4) is 0 Å². The zero-order chi connectivity index (χ0) is 9.64. The Morgan fingerprint density at radius 2 is 1.36 bits per heavy atom. The van der Waals surface area contributed by atoms with Crippen molar-refractivity contribution in [3.05, 3.63) is 0 Å². The van der Waals surface area contributed by atoms with E-state index >= 15 is 0 Å². The fourth-order valence-electron chi connectivity index (χ4n) is 1.25. The van der Waals surface area contributed by atoms with E-state index in [1.54, 1.807) is 0 Å². The molecule has 0 bridgehead atoms. The van der Waals surface area contributed by atoms with Gasteiger partial charge in [-0.15, -0.1) is 0 Å². The van der Waals surface area contributed by atoms with Crippen molar-refractivity contribution in [3.63, 3.8) is 0 Å². The molecular weight excluding hydrogens is 193 g/mol. The first kappa shape index (κ1) is 11.0. The first-order valence-corrected chi connectivity index (χ1v) is 3.96. The summed E-state index contributed by atoms with van der Waals surface area (Å²) in [5.41, 5.74) is 0. The molecule has 2 fully saturated rings. The van der Waals surface area contributed by atoms with E-state index in [9.17, 15) is 9.59 Å². The van der Waals surface area contributed by atoms with Crippen molar-refractivity contribution < 1.29 is 28.2 Å². The summed E-state index contributed by atoms with van der Waals surface area (Å²) in [6, 6.07) is 0. The lowest BCUT2D eigenvalue weighted by molar-refractivity contribution is -0.137. The molecule has 14 heavy (non-hydrogen) atoms. The van der Waals surface area contributed by atoms with Crippen LogP contribution in [0.15, 0.2) is 0 Å². The van der Waals surface area contributed by atoms with Crippen LogP contribution in [-0.2, 0) is 28.2 Å². The van der Waals surface area contributed by atoms with Crippen molar-refractivity contribution >= 4 is 18.9 Å². The normalized spacial score (nSPS) is 33.9. The third kappa shape index (κ3) is 1.47. The third-order valence-corrected chi connectivity index (χ3v) is 1.93. The Hall–Kier alpha value is -1.12. The van der Waals surface area contributed by atoms with E-state index in [1.165, 1.54) is 13.8 Å². The van der Waals surface area contributed by atoms with Gasteiger partial charge in [-0.1, -0.05) is 0 Å². The van der Waals surface area contributed by atoms with Crippen LogP contribution >= 0.6 is 0 Å². The third-order valence-electron chi connectivity index (χ3n) is 1.93. The molecule has 0 unspecified atom stereocenters. The number of carbonyl (C=O) groups excluding carboxylic acids is 2. The molecule has 7 nitrogen and oxygen atoms in total. The molecular formula is C6H12BNO6. The molecule has 2 rings (SSSR count). The van der Waals surface area contributed by atoms with E-state index < -0.39 is 31.1 Å². The highest BCUT2D eigenvalue weighted by Gasteiger charge is 2.54.